The first kappa shape index (κ1) is 8.58. The van der Waals surface area contributed by atoms with Gasteiger partial charge < -0.3 is 0 Å². The molecule has 0 fully saturated rings. The second-order valence-electron chi connectivity index (χ2n) is 1.86. The van der Waals surface area contributed by atoms with Crippen molar-refractivity contribution in [3.8, 4) is 0 Å². The summed E-state index contributed by atoms with van der Waals surface area (Å²) in [5.74, 6) is 0.689. The minimum absolute atomic E-state index is 0.303. The second-order valence-corrected chi connectivity index (χ2v) is 2.86. The van der Waals surface area contributed by atoms with Gasteiger partial charge in [-0.3, -0.25) is 0 Å². The van der Waals surface area contributed by atoms with E-state index in [0.717, 1.165) is 19.3 Å². The van der Waals surface area contributed by atoms with Gasteiger partial charge in [0.25, 0.3) is 0 Å². The highest BCUT2D eigenvalue weighted by Crippen LogP contribution is 2.09. The van der Waals surface area contributed by atoms with E-state index in [4.69, 9.17) is 23.2 Å². The molecule has 0 radical (unpaired) electrons. The summed E-state index contributed by atoms with van der Waals surface area (Å²) in [4.78, 5) is 0. The summed E-state index contributed by atoms with van der Waals surface area (Å²) in [5.41, 5.74) is 0. The molecule has 0 amide bonds. The van der Waals surface area contributed by atoms with Crippen LogP contribution in [0.4, 0.5) is 0 Å². The summed E-state index contributed by atoms with van der Waals surface area (Å²) < 4.78 is 0. The van der Waals surface area contributed by atoms with Crippen LogP contribution in [0.2, 0.25) is 0 Å². The van der Waals surface area contributed by atoms with Gasteiger partial charge in [0, 0.05) is 11.3 Å². The highest BCUT2D eigenvalue weighted by atomic mass is 35.5. The van der Waals surface area contributed by atoms with Gasteiger partial charge in [0.15, 0.2) is 0 Å². The molecule has 0 aromatic carbocycles. The van der Waals surface area contributed by atoms with Crippen molar-refractivity contribution in [3.63, 3.8) is 0 Å². The van der Waals surface area contributed by atoms with E-state index < -0.39 is 0 Å². The third-order valence-electron chi connectivity index (χ3n) is 1.02. The van der Waals surface area contributed by atoms with Crippen LogP contribution in [-0.2, 0) is 0 Å². The van der Waals surface area contributed by atoms with Gasteiger partial charge in [-0.25, -0.2) is 0 Å². The molecule has 0 heterocycles. The first-order valence-corrected chi connectivity index (χ1v) is 3.98. The van der Waals surface area contributed by atoms with E-state index in [0.29, 0.717) is 11.3 Å². The molecule has 0 saturated heterocycles. The predicted molar refractivity (Wildman–Crippen MR) is 39.9 cm³/mol. The summed E-state index contributed by atoms with van der Waals surface area (Å²) in [7, 11) is 0. The van der Waals surface area contributed by atoms with Crippen LogP contribution in [0.5, 0.6) is 0 Å². The highest BCUT2D eigenvalue weighted by Gasteiger charge is 1.99. The maximum atomic E-state index is 5.80. The molecule has 0 aliphatic heterocycles. The average Bonchev–Trinajstić information content (AvgIpc) is 1.68. The van der Waals surface area contributed by atoms with Crippen molar-refractivity contribution in [3.05, 3.63) is 0 Å². The third-order valence-corrected chi connectivity index (χ3v) is 1.68. The molecule has 0 N–H and O–H groups in total. The Balaban J connectivity index is 2.92. The maximum absolute atomic E-state index is 5.80. The summed E-state index contributed by atoms with van der Waals surface area (Å²) >= 11 is 11.2. The van der Waals surface area contributed by atoms with Gasteiger partial charge in [-0.1, -0.05) is 13.3 Å². The number of halogens is 2. The molecule has 0 aromatic rings. The number of hydrogen-bond acceptors (Lipinski definition) is 0. The van der Waals surface area contributed by atoms with Gasteiger partial charge in [0.05, 0.1) is 0 Å². The number of alkyl halides is 2. The first-order valence-electron chi connectivity index (χ1n) is 3.01. The molecular weight excluding hydrogens is 143 g/mol. The lowest BCUT2D eigenvalue weighted by Crippen LogP contribution is -1.97. The van der Waals surface area contributed by atoms with E-state index >= 15 is 0 Å². The molecular formula is C6H12Cl2. The van der Waals surface area contributed by atoms with Crippen LogP contribution in [0.1, 0.15) is 26.2 Å². The maximum Gasteiger partial charge on any atom is 0.0347 e. The van der Waals surface area contributed by atoms with Crippen LogP contribution >= 0.6 is 23.2 Å². The fraction of sp³-hybridized carbons (Fsp3) is 1.00. The van der Waals surface area contributed by atoms with Crippen LogP contribution in [0.15, 0.2) is 0 Å². The van der Waals surface area contributed by atoms with Crippen molar-refractivity contribution in [1.82, 2.24) is 0 Å². The number of rotatable bonds is 4. The lowest BCUT2D eigenvalue weighted by molar-refractivity contribution is 0.714. The minimum atomic E-state index is 0.303. The van der Waals surface area contributed by atoms with Crippen LogP contribution in [0.3, 0.4) is 0 Å². The van der Waals surface area contributed by atoms with Crippen LogP contribution < -0.4 is 0 Å². The summed E-state index contributed by atoms with van der Waals surface area (Å²) in [6, 6.07) is 0. The fourth-order valence-electron chi connectivity index (χ4n) is 0.576. The Kier molecular flexibility index (Phi) is 6.13. The Morgan fingerprint density at radius 1 is 1.38 bits per heavy atom. The predicted octanol–water partition coefficient (Wildman–Crippen LogP) is 3.02. The van der Waals surface area contributed by atoms with Crippen molar-refractivity contribution in [2.45, 2.75) is 31.6 Å². The van der Waals surface area contributed by atoms with Crippen LogP contribution in [0.25, 0.3) is 0 Å². The zero-order valence-electron chi connectivity index (χ0n) is 5.16. The Hall–Kier alpha value is 0.580. The minimum Gasteiger partial charge on any atom is -0.127 e. The topological polar surface area (TPSA) is 0 Å². The van der Waals surface area contributed by atoms with Gasteiger partial charge in [-0.2, -0.15) is 0 Å². The Bertz CT molecular complexity index is 39.8. The van der Waals surface area contributed by atoms with Crippen LogP contribution in [-0.4, -0.2) is 11.3 Å². The van der Waals surface area contributed by atoms with Gasteiger partial charge in [0.2, 0.25) is 0 Å². The monoisotopic (exact) mass is 154 g/mol. The van der Waals surface area contributed by atoms with Gasteiger partial charge >= 0.3 is 0 Å². The quantitative estimate of drug-likeness (QED) is 0.547. The van der Waals surface area contributed by atoms with Crippen molar-refractivity contribution in [1.29, 1.82) is 0 Å². The van der Waals surface area contributed by atoms with Crippen molar-refractivity contribution >= 4 is 23.2 Å². The first-order chi connectivity index (χ1) is 3.81. The standard InChI is InChI=1S/C6H12Cl2/c1-2-3-6(8)4-5-7/h6H,2-5H2,1H3. The summed E-state index contributed by atoms with van der Waals surface area (Å²) in [5, 5.41) is 0.303. The van der Waals surface area contributed by atoms with Crippen molar-refractivity contribution in [2.75, 3.05) is 5.88 Å². The zero-order valence-corrected chi connectivity index (χ0v) is 6.67. The highest BCUT2D eigenvalue weighted by molar-refractivity contribution is 6.22. The molecule has 1 unspecified atom stereocenters. The fourth-order valence-corrected chi connectivity index (χ4v) is 1.28. The van der Waals surface area contributed by atoms with Crippen LogP contribution in [0, 0.1) is 0 Å². The van der Waals surface area contributed by atoms with Gasteiger partial charge in [-0.05, 0) is 12.8 Å². The molecule has 0 bridgehead atoms. The molecule has 8 heavy (non-hydrogen) atoms. The van der Waals surface area contributed by atoms with Gasteiger partial charge in [0.1, 0.15) is 0 Å². The van der Waals surface area contributed by atoms with E-state index in [1.807, 2.05) is 0 Å². The largest absolute Gasteiger partial charge is 0.127 e. The summed E-state index contributed by atoms with van der Waals surface area (Å²) in [6.07, 6.45) is 3.19. The van der Waals surface area contributed by atoms with Crippen molar-refractivity contribution in [2.24, 2.45) is 0 Å². The average molecular weight is 155 g/mol. The lowest BCUT2D eigenvalue weighted by Gasteiger charge is -2.02. The van der Waals surface area contributed by atoms with E-state index in [2.05, 4.69) is 6.92 Å². The Morgan fingerprint density at radius 3 is 2.38 bits per heavy atom. The number of hydrogen-bond donors (Lipinski definition) is 0. The molecule has 0 saturated carbocycles. The molecule has 2 heteroatoms. The van der Waals surface area contributed by atoms with Crippen molar-refractivity contribution < 1.29 is 0 Å². The molecule has 50 valence electrons. The Morgan fingerprint density at radius 2 is 2.00 bits per heavy atom. The summed E-state index contributed by atoms with van der Waals surface area (Å²) in [6.45, 7) is 2.13. The molecule has 0 nitrogen and oxygen atoms in total. The van der Waals surface area contributed by atoms with E-state index in [-0.39, 0.29) is 0 Å². The SMILES string of the molecule is CCCC(Cl)CCCl. The normalized spacial score (nSPS) is 13.9. The molecule has 1 atom stereocenters. The molecule has 0 aromatic heterocycles. The molecule has 0 spiro atoms. The lowest BCUT2D eigenvalue weighted by atomic mass is 10.2. The molecule has 0 rings (SSSR count). The van der Waals surface area contributed by atoms with E-state index in [1.54, 1.807) is 0 Å². The van der Waals surface area contributed by atoms with E-state index in [1.165, 1.54) is 0 Å². The second kappa shape index (κ2) is 5.71. The smallest absolute Gasteiger partial charge is 0.0347 e. The van der Waals surface area contributed by atoms with E-state index in [9.17, 15) is 0 Å². The molecule has 0 aliphatic rings. The zero-order chi connectivity index (χ0) is 6.41. The molecule has 0 aliphatic carbocycles. The third kappa shape index (κ3) is 4.73. The van der Waals surface area contributed by atoms with Gasteiger partial charge in [-0.15, -0.1) is 23.2 Å². The Labute approximate surface area is 61.2 Å².